The number of benzene rings is 1. The summed E-state index contributed by atoms with van der Waals surface area (Å²) in [5.74, 6) is 0.618. The standard InChI is InChI=1S/C15H22N4O/c1-12-3-4-13-14(11-12)19(15(16)17-13)6-2-5-18-7-9-20-10-8-18/h3-4,11H,2,5-10H2,1H3,(H2,16,17). The number of nitrogen functional groups attached to an aromatic ring is 1. The average Bonchev–Trinajstić information content (AvgIpc) is 2.76. The van der Waals surface area contributed by atoms with Gasteiger partial charge in [-0.25, -0.2) is 4.98 Å². The Morgan fingerprint density at radius 2 is 2.05 bits per heavy atom. The van der Waals surface area contributed by atoms with Crippen LogP contribution in [0, 0.1) is 6.92 Å². The predicted molar refractivity (Wildman–Crippen MR) is 80.8 cm³/mol. The van der Waals surface area contributed by atoms with Crippen molar-refractivity contribution in [3.63, 3.8) is 0 Å². The van der Waals surface area contributed by atoms with Crippen LogP contribution >= 0.6 is 0 Å². The number of imidazole rings is 1. The van der Waals surface area contributed by atoms with Crippen LogP contribution in [0.3, 0.4) is 0 Å². The molecule has 2 heterocycles. The van der Waals surface area contributed by atoms with Gasteiger partial charge in [0, 0.05) is 26.2 Å². The van der Waals surface area contributed by atoms with Crippen molar-refractivity contribution in [1.29, 1.82) is 0 Å². The lowest BCUT2D eigenvalue weighted by atomic mass is 10.2. The Hall–Kier alpha value is -1.59. The van der Waals surface area contributed by atoms with E-state index in [1.807, 2.05) is 6.07 Å². The molecule has 0 unspecified atom stereocenters. The maximum atomic E-state index is 6.04. The molecule has 1 aliphatic heterocycles. The number of aromatic nitrogens is 2. The summed E-state index contributed by atoms with van der Waals surface area (Å²) in [6, 6.07) is 6.28. The number of ether oxygens (including phenoxy) is 1. The van der Waals surface area contributed by atoms with Crippen LogP contribution in [0.2, 0.25) is 0 Å². The van der Waals surface area contributed by atoms with E-state index >= 15 is 0 Å². The van der Waals surface area contributed by atoms with Crippen LogP contribution < -0.4 is 5.73 Å². The summed E-state index contributed by atoms with van der Waals surface area (Å²) in [7, 11) is 0. The van der Waals surface area contributed by atoms with Crippen molar-refractivity contribution in [2.75, 3.05) is 38.6 Å². The zero-order chi connectivity index (χ0) is 13.9. The maximum Gasteiger partial charge on any atom is 0.201 e. The van der Waals surface area contributed by atoms with Crippen molar-refractivity contribution < 1.29 is 4.74 Å². The Morgan fingerprint density at radius 3 is 2.85 bits per heavy atom. The molecule has 0 saturated carbocycles. The zero-order valence-electron chi connectivity index (χ0n) is 12.0. The Labute approximate surface area is 119 Å². The smallest absolute Gasteiger partial charge is 0.201 e. The molecule has 2 N–H and O–H groups in total. The van der Waals surface area contributed by atoms with Crippen LogP contribution in [-0.4, -0.2) is 47.3 Å². The van der Waals surface area contributed by atoms with Crippen molar-refractivity contribution in [2.24, 2.45) is 0 Å². The Kier molecular flexibility index (Phi) is 3.89. The summed E-state index contributed by atoms with van der Waals surface area (Å²) in [6.45, 7) is 7.90. The van der Waals surface area contributed by atoms with E-state index in [9.17, 15) is 0 Å². The van der Waals surface area contributed by atoms with Crippen molar-refractivity contribution in [2.45, 2.75) is 19.9 Å². The number of nitrogens with zero attached hydrogens (tertiary/aromatic N) is 3. The van der Waals surface area contributed by atoms with Gasteiger partial charge in [-0.15, -0.1) is 0 Å². The summed E-state index contributed by atoms with van der Waals surface area (Å²) < 4.78 is 7.49. The first-order chi connectivity index (χ1) is 9.74. The van der Waals surface area contributed by atoms with Crippen molar-refractivity contribution in [1.82, 2.24) is 14.5 Å². The number of fused-ring (bicyclic) bond motifs is 1. The summed E-state index contributed by atoms with van der Waals surface area (Å²) in [5.41, 5.74) is 9.41. The summed E-state index contributed by atoms with van der Waals surface area (Å²) >= 11 is 0. The second-order valence-corrected chi connectivity index (χ2v) is 5.42. The molecular weight excluding hydrogens is 252 g/mol. The summed E-state index contributed by atoms with van der Waals surface area (Å²) in [6.07, 6.45) is 1.09. The molecule has 0 bridgehead atoms. The van der Waals surface area contributed by atoms with Crippen LogP contribution in [0.4, 0.5) is 5.95 Å². The third-order valence-electron chi connectivity index (χ3n) is 3.89. The fourth-order valence-corrected chi connectivity index (χ4v) is 2.76. The molecule has 0 atom stereocenters. The minimum Gasteiger partial charge on any atom is -0.379 e. The number of anilines is 1. The molecule has 0 aliphatic carbocycles. The molecule has 1 aliphatic rings. The van der Waals surface area contributed by atoms with Crippen LogP contribution in [0.25, 0.3) is 11.0 Å². The van der Waals surface area contributed by atoms with E-state index in [1.54, 1.807) is 0 Å². The molecule has 1 saturated heterocycles. The Morgan fingerprint density at radius 1 is 1.25 bits per heavy atom. The van der Waals surface area contributed by atoms with Crippen LogP contribution in [-0.2, 0) is 11.3 Å². The Bertz CT molecular complexity index is 587. The number of morpholine rings is 1. The summed E-state index contributed by atoms with van der Waals surface area (Å²) in [5, 5.41) is 0. The van der Waals surface area contributed by atoms with Crippen LogP contribution in [0.5, 0.6) is 0 Å². The van der Waals surface area contributed by atoms with Gasteiger partial charge in [-0.3, -0.25) is 4.90 Å². The molecule has 5 heteroatoms. The molecular formula is C15H22N4O. The Balaban J connectivity index is 1.67. The second kappa shape index (κ2) is 5.81. The number of hydrogen-bond donors (Lipinski definition) is 1. The van der Waals surface area contributed by atoms with Gasteiger partial charge in [-0.2, -0.15) is 0 Å². The minimum atomic E-state index is 0.618. The van der Waals surface area contributed by atoms with Gasteiger partial charge in [0.1, 0.15) is 0 Å². The number of nitrogens with two attached hydrogens (primary N) is 1. The van der Waals surface area contributed by atoms with Gasteiger partial charge in [0.15, 0.2) is 0 Å². The molecule has 0 spiro atoms. The van der Waals surface area contributed by atoms with E-state index in [4.69, 9.17) is 10.5 Å². The van der Waals surface area contributed by atoms with E-state index < -0.39 is 0 Å². The topological polar surface area (TPSA) is 56.3 Å². The lowest BCUT2D eigenvalue weighted by Gasteiger charge is -2.26. The van der Waals surface area contributed by atoms with Gasteiger partial charge in [0.05, 0.1) is 24.2 Å². The third kappa shape index (κ3) is 2.78. The zero-order valence-corrected chi connectivity index (χ0v) is 12.0. The van der Waals surface area contributed by atoms with Crippen LogP contribution in [0.15, 0.2) is 18.2 Å². The minimum absolute atomic E-state index is 0.618. The van der Waals surface area contributed by atoms with Gasteiger partial charge >= 0.3 is 0 Å². The van der Waals surface area contributed by atoms with Gasteiger partial charge in [-0.05, 0) is 31.0 Å². The lowest BCUT2D eigenvalue weighted by Crippen LogP contribution is -2.37. The SMILES string of the molecule is Cc1ccc2nc(N)n(CCCN3CCOCC3)c2c1. The second-order valence-electron chi connectivity index (χ2n) is 5.42. The average molecular weight is 274 g/mol. The first kappa shape index (κ1) is 13.4. The fourth-order valence-electron chi connectivity index (χ4n) is 2.76. The molecule has 0 radical (unpaired) electrons. The molecule has 1 aromatic carbocycles. The molecule has 20 heavy (non-hydrogen) atoms. The lowest BCUT2D eigenvalue weighted by molar-refractivity contribution is 0.0370. The highest BCUT2D eigenvalue weighted by Gasteiger charge is 2.11. The monoisotopic (exact) mass is 274 g/mol. The summed E-state index contributed by atoms with van der Waals surface area (Å²) in [4.78, 5) is 6.88. The molecule has 3 rings (SSSR count). The van der Waals surface area contributed by atoms with E-state index in [0.29, 0.717) is 5.95 Å². The van der Waals surface area contributed by atoms with Crippen molar-refractivity contribution >= 4 is 17.0 Å². The normalized spacial score (nSPS) is 16.9. The predicted octanol–water partition coefficient (Wildman–Crippen LogP) is 1.65. The highest BCUT2D eigenvalue weighted by molar-refractivity contribution is 5.79. The molecule has 0 amide bonds. The van der Waals surface area contributed by atoms with Gasteiger partial charge in [0.25, 0.3) is 0 Å². The highest BCUT2D eigenvalue weighted by atomic mass is 16.5. The van der Waals surface area contributed by atoms with E-state index in [0.717, 1.165) is 56.8 Å². The highest BCUT2D eigenvalue weighted by Crippen LogP contribution is 2.19. The third-order valence-corrected chi connectivity index (χ3v) is 3.89. The van der Waals surface area contributed by atoms with E-state index in [1.165, 1.54) is 5.56 Å². The number of rotatable bonds is 4. The largest absolute Gasteiger partial charge is 0.379 e. The van der Waals surface area contributed by atoms with Gasteiger partial charge in [-0.1, -0.05) is 6.07 Å². The van der Waals surface area contributed by atoms with Gasteiger partial charge in [0.2, 0.25) is 5.95 Å². The van der Waals surface area contributed by atoms with Gasteiger partial charge < -0.3 is 15.0 Å². The molecule has 1 aromatic heterocycles. The van der Waals surface area contributed by atoms with E-state index in [2.05, 4.69) is 33.5 Å². The first-order valence-electron chi connectivity index (χ1n) is 7.26. The van der Waals surface area contributed by atoms with E-state index in [-0.39, 0.29) is 0 Å². The number of hydrogen-bond acceptors (Lipinski definition) is 4. The van der Waals surface area contributed by atoms with Crippen LogP contribution in [0.1, 0.15) is 12.0 Å². The maximum absolute atomic E-state index is 6.04. The van der Waals surface area contributed by atoms with Crippen molar-refractivity contribution in [3.8, 4) is 0 Å². The van der Waals surface area contributed by atoms with Crippen molar-refractivity contribution in [3.05, 3.63) is 23.8 Å². The fraction of sp³-hybridized carbons (Fsp3) is 0.533. The first-order valence-corrected chi connectivity index (χ1v) is 7.26. The molecule has 1 fully saturated rings. The number of aryl methyl sites for hydroxylation is 2. The quantitative estimate of drug-likeness (QED) is 0.921. The molecule has 2 aromatic rings. The molecule has 5 nitrogen and oxygen atoms in total. The molecule has 108 valence electrons.